The lowest BCUT2D eigenvalue weighted by molar-refractivity contribution is 0.0712. The van der Waals surface area contributed by atoms with Crippen LogP contribution in [0, 0.1) is 0 Å². The van der Waals surface area contributed by atoms with E-state index in [0.717, 1.165) is 12.8 Å². The average molecular weight is 298 g/mol. The normalized spacial score (nSPS) is 20.6. The minimum absolute atomic E-state index is 0.0142. The molecular formula is C13H18N2O4S. The summed E-state index contributed by atoms with van der Waals surface area (Å²) >= 11 is 0. The second kappa shape index (κ2) is 5.90. The third-order valence-electron chi connectivity index (χ3n) is 3.31. The highest BCUT2D eigenvalue weighted by molar-refractivity contribution is 7.89. The summed E-state index contributed by atoms with van der Waals surface area (Å²) < 4.78 is 28.0. The Morgan fingerprint density at radius 3 is 2.85 bits per heavy atom. The molecule has 0 spiro atoms. The summed E-state index contributed by atoms with van der Waals surface area (Å²) in [5.74, 6) is -0.335. The zero-order valence-electron chi connectivity index (χ0n) is 11.2. The minimum atomic E-state index is -3.81. The predicted molar refractivity (Wildman–Crippen MR) is 73.7 cm³/mol. The molecule has 2 atom stereocenters. The van der Waals surface area contributed by atoms with Crippen molar-refractivity contribution in [2.75, 3.05) is 6.61 Å². The average Bonchev–Trinajstić information content (AvgIpc) is 2.91. The summed E-state index contributed by atoms with van der Waals surface area (Å²) in [7, 11) is -3.81. The number of primary sulfonamides is 1. The standard InChI is InChI=1S/C13H18N2O4S/c1-9(12-6-3-7-19-12)15-13(16)10-4-2-5-11(8-10)20(14,17)18/h2,4-5,8-9,12H,3,6-7H2,1H3,(H,15,16)(H2,14,17,18). The quantitative estimate of drug-likeness (QED) is 0.851. The number of hydrogen-bond acceptors (Lipinski definition) is 4. The fourth-order valence-electron chi connectivity index (χ4n) is 2.19. The fourth-order valence-corrected chi connectivity index (χ4v) is 2.75. The van der Waals surface area contributed by atoms with Crippen molar-refractivity contribution >= 4 is 15.9 Å². The molecule has 1 heterocycles. The summed E-state index contributed by atoms with van der Waals surface area (Å²) in [5.41, 5.74) is 0.265. The van der Waals surface area contributed by atoms with Gasteiger partial charge in [-0.15, -0.1) is 0 Å². The van der Waals surface area contributed by atoms with Crippen LogP contribution in [0.2, 0.25) is 0 Å². The Bertz CT molecular complexity index is 594. The van der Waals surface area contributed by atoms with E-state index in [1.807, 2.05) is 6.92 Å². The van der Waals surface area contributed by atoms with Crippen LogP contribution in [-0.4, -0.2) is 33.1 Å². The molecular weight excluding hydrogens is 280 g/mol. The van der Waals surface area contributed by atoms with Crippen LogP contribution in [0.3, 0.4) is 0 Å². The van der Waals surface area contributed by atoms with E-state index in [4.69, 9.17) is 9.88 Å². The van der Waals surface area contributed by atoms with E-state index in [2.05, 4.69) is 5.32 Å². The third kappa shape index (κ3) is 3.56. The molecule has 3 N–H and O–H groups in total. The van der Waals surface area contributed by atoms with E-state index in [9.17, 15) is 13.2 Å². The Kier molecular flexibility index (Phi) is 4.42. The second-order valence-corrected chi connectivity index (χ2v) is 6.45. The van der Waals surface area contributed by atoms with Gasteiger partial charge in [0.1, 0.15) is 0 Å². The Morgan fingerprint density at radius 2 is 2.25 bits per heavy atom. The van der Waals surface area contributed by atoms with Gasteiger partial charge in [0.2, 0.25) is 10.0 Å². The molecule has 2 unspecified atom stereocenters. The van der Waals surface area contributed by atoms with E-state index < -0.39 is 10.0 Å². The molecule has 1 aromatic rings. The third-order valence-corrected chi connectivity index (χ3v) is 4.22. The number of nitrogens with one attached hydrogen (secondary N) is 1. The molecule has 0 saturated carbocycles. The van der Waals surface area contributed by atoms with Crippen LogP contribution in [0.5, 0.6) is 0 Å². The van der Waals surface area contributed by atoms with Crippen molar-refractivity contribution in [1.82, 2.24) is 5.32 Å². The highest BCUT2D eigenvalue weighted by Crippen LogP contribution is 2.16. The maximum atomic E-state index is 12.1. The van der Waals surface area contributed by atoms with Gasteiger partial charge in [-0.1, -0.05) is 6.07 Å². The van der Waals surface area contributed by atoms with E-state index >= 15 is 0 Å². The molecule has 7 heteroatoms. The van der Waals surface area contributed by atoms with E-state index in [1.54, 1.807) is 6.07 Å². The monoisotopic (exact) mass is 298 g/mol. The molecule has 1 amide bonds. The molecule has 0 radical (unpaired) electrons. The highest BCUT2D eigenvalue weighted by atomic mass is 32.2. The molecule has 1 fully saturated rings. The number of carbonyl (C=O) groups is 1. The van der Waals surface area contributed by atoms with Gasteiger partial charge in [-0.25, -0.2) is 13.6 Å². The van der Waals surface area contributed by atoms with Crippen LogP contribution in [0.4, 0.5) is 0 Å². The minimum Gasteiger partial charge on any atom is -0.376 e. The largest absolute Gasteiger partial charge is 0.376 e. The maximum absolute atomic E-state index is 12.1. The number of rotatable bonds is 4. The summed E-state index contributed by atoms with van der Waals surface area (Å²) in [6, 6.07) is 5.54. The van der Waals surface area contributed by atoms with Gasteiger partial charge in [-0.05, 0) is 38.0 Å². The first-order chi connectivity index (χ1) is 9.38. The Morgan fingerprint density at radius 1 is 1.50 bits per heavy atom. The highest BCUT2D eigenvalue weighted by Gasteiger charge is 2.24. The van der Waals surface area contributed by atoms with Gasteiger partial charge < -0.3 is 10.1 Å². The molecule has 110 valence electrons. The lowest BCUT2D eigenvalue weighted by atomic mass is 10.1. The zero-order chi connectivity index (χ0) is 14.8. The smallest absolute Gasteiger partial charge is 0.251 e. The van der Waals surface area contributed by atoms with Crippen LogP contribution in [0.15, 0.2) is 29.2 Å². The number of hydrogen-bond donors (Lipinski definition) is 2. The van der Waals surface area contributed by atoms with Crippen LogP contribution < -0.4 is 10.5 Å². The molecule has 2 rings (SSSR count). The fraction of sp³-hybridized carbons (Fsp3) is 0.462. The topological polar surface area (TPSA) is 98.5 Å². The number of sulfonamides is 1. The van der Waals surface area contributed by atoms with Gasteiger partial charge in [0, 0.05) is 12.2 Å². The van der Waals surface area contributed by atoms with Crippen LogP contribution in [-0.2, 0) is 14.8 Å². The van der Waals surface area contributed by atoms with Crippen LogP contribution in [0.1, 0.15) is 30.1 Å². The van der Waals surface area contributed by atoms with E-state index in [1.165, 1.54) is 18.2 Å². The van der Waals surface area contributed by atoms with Gasteiger partial charge in [0.25, 0.3) is 5.91 Å². The number of carbonyl (C=O) groups excluding carboxylic acids is 1. The first-order valence-electron chi connectivity index (χ1n) is 6.43. The Balaban J connectivity index is 2.09. The van der Waals surface area contributed by atoms with Gasteiger partial charge in [-0.3, -0.25) is 4.79 Å². The van der Waals surface area contributed by atoms with Gasteiger partial charge >= 0.3 is 0 Å². The molecule has 20 heavy (non-hydrogen) atoms. The van der Waals surface area contributed by atoms with Crippen molar-refractivity contribution in [1.29, 1.82) is 0 Å². The maximum Gasteiger partial charge on any atom is 0.251 e. The molecule has 6 nitrogen and oxygen atoms in total. The first-order valence-corrected chi connectivity index (χ1v) is 7.98. The molecule has 0 bridgehead atoms. The molecule has 1 saturated heterocycles. The predicted octanol–water partition coefficient (Wildman–Crippen LogP) is 0.631. The lowest BCUT2D eigenvalue weighted by Gasteiger charge is -2.20. The summed E-state index contributed by atoms with van der Waals surface area (Å²) in [4.78, 5) is 12.0. The molecule has 1 aliphatic rings. The number of nitrogens with two attached hydrogens (primary N) is 1. The van der Waals surface area contributed by atoms with Gasteiger partial charge in [-0.2, -0.15) is 0 Å². The van der Waals surface area contributed by atoms with Crippen molar-refractivity contribution < 1.29 is 17.9 Å². The van der Waals surface area contributed by atoms with Crippen LogP contribution >= 0.6 is 0 Å². The Labute approximate surface area is 118 Å². The van der Waals surface area contributed by atoms with Crippen molar-refractivity contribution in [2.24, 2.45) is 5.14 Å². The summed E-state index contributed by atoms with van der Waals surface area (Å²) in [6.07, 6.45) is 1.92. The summed E-state index contributed by atoms with van der Waals surface area (Å²) in [5, 5.41) is 7.86. The lowest BCUT2D eigenvalue weighted by Crippen LogP contribution is -2.40. The molecule has 0 aliphatic carbocycles. The molecule has 0 aromatic heterocycles. The number of ether oxygens (including phenoxy) is 1. The van der Waals surface area contributed by atoms with Crippen LogP contribution in [0.25, 0.3) is 0 Å². The van der Waals surface area contributed by atoms with Crippen molar-refractivity contribution in [2.45, 2.75) is 36.8 Å². The second-order valence-electron chi connectivity index (χ2n) is 4.89. The van der Waals surface area contributed by atoms with E-state index in [-0.39, 0.29) is 28.5 Å². The first kappa shape index (κ1) is 15.0. The number of benzene rings is 1. The molecule has 1 aliphatic heterocycles. The summed E-state index contributed by atoms with van der Waals surface area (Å²) in [6.45, 7) is 2.59. The van der Waals surface area contributed by atoms with Gasteiger partial charge in [0.05, 0.1) is 17.0 Å². The number of amides is 1. The zero-order valence-corrected chi connectivity index (χ0v) is 12.0. The van der Waals surface area contributed by atoms with E-state index in [0.29, 0.717) is 6.61 Å². The van der Waals surface area contributed by atoms with Crippen molar-refractivity contribution in [3.63, 3.8) is 0 Å². The molecule has 1 aromatic carbocycles. The van der Waals surface area contributed by atoms with Crippen molar-refractivity contribution in [3.8, 4) is 0 Å². The van der Waals surface area contributed by atoms with Gasteiger partial charge in [0.15, 0.2) is 0 Å². The SMILES string of the molecule is CC(NC(=O)c1cccc(S(N)(=O)=O)c1)C1CCCO1. The van der Waals surface area contributed by atoms with Crippen molar-refractivity contribution in [3.05, 3.63) is 29.8 Å². The Hall–Kier alpha value is -1.44.